The van der Waals surface area contributed by atoms with Gasteiger partial charge >= 0.3 is 0 Å². The first-order chi connectivity index (χ1) is 8.58. The lowest BCUT2D eigenvalue weighted by molar-refractivity contribution is -0.117. The third kappa shape index (κ3) is 2.88. The Morgan fingerprint density at radius 2 is 2.11 bits per heavy atom. The summed E-state index contributed by atoms with van der Waals surface area (Å²) in [5, 5.41) is 11.1. The van der Waals surface area contributed by atoms with Gasteiger partial charge in [-0.15, -0.1) is 5.10 Å². The molecule has 1 aromatic heterocycles. The zero-order valence-corrected chi connectivity index (χ0v) is 11.8. The number of halogens is 1. The van der Waals surface area contributed by atoms with E-state index in [9.17, 15) is 4.79 Å². The van der Waals surface area contributed by atoms with E-state index in [0.29, 0.717) is 5.16 Å². The maximum absolute atomic E-state index is 11.5. The average molecular weight is 328 g/mol. The minimum Gasteiger partial charge on any atom is -0.368 e. The maximum Gasteiger partial charge on any atom is 0.235 e. The van der Waals surface area contributed by atoms with Gasteiger partial charge in [0.1, 0.15) is 5.25 Å². The van der Waals surface area contributed by atoms with Gasteiger partial charge in [0, 0.05) is 11.5 Å². The molecule has 1 aromatic carbocycles. The van der Waals surface area contributed by atoms with Crippen molar-refractivity contribution in [3.8, 4) is 0 Å². The SMILES string of the molecule is Cn1nnnc1SC(C(N)=O)c1ccc(Br)cc1. The van der Waals surface area contributed by atoms with Gasteiger partial charge in [0.05, 0.1) is 0 Å². The number of hydrogen-bond acceptors (Lipinski definition) is 5. The van der Waals surface area contributed by atoms with Gasteiger partial charge in [0.2, 0.25) is 11.1 Å². The number of aryl methyl sites for hydroxylation is 1. The topological polar surface area (TPSA) is 86.7 Å². The number of hydrogen-bond donors (Lipinski definition) is 1. The molecule has 0 fully saturated rings. The molecule has 2 aromatic rings. The van der Waals surface area contributed by atoms with Gasteiger partial charge in [0.15, 0.2) is 0 Å². The fourth-order valence-corrected chi connectivity index (χ4v) is 2.51. The molecule has 0 radical (unpaired) electrons. The largest absolute Gasteiger partial charge is 0.368 e. The highest BCUT2D eigenvalue weighted by molar-refractivity contribution is 9.10. The van der Waals surface area contributed by atoms with Crippen molar-refractivity contribution >= 4 is 33.6 Å². The van der Waals surface area contributed by atoms with Crippen LogP contribution in [0.2, 0.25) is 0 Å². The average Bonchev–Trinajstić information content (AvgIpc) is 2.73. The Bertz CT molecular complexity index is 556. The van der Waals surface area contributed by atoms with Crippen LogP contribution in [0.25, 0.3) is 0 Å². The molecule has 0 aliphatic carbocycles. The van der Waals surface area contributed by atoms with E-state index in [1.165, 1.54) is 16.4 Å². The maximum atomic E-state index is 11.5. The van der Waals surface area contributed by atoms with Crippen molar-refractivity contribution in [1.29, 1.82) is 0 Å². The molecule has 0 aliphatic rings. The van der Waals surface area contributed by atoms with Crippen molar-refractivity contribution < 1.29 is 4.79 Å². The number of carbonyl (C=O) groups excluding carboxylic acids is 1. The molecule has 1 heterocycles. The molecule has 94 valence electrons. The summed E-state index contributed by atoms with van der Waals surface area (Å²) < 4.78 is 2.44. The fraction of sp³-hybridized carbons (Fsp3) is 0.200. The lowest BCUT2D eigenvalue weighted by Crippen LogP contribution is -2.19. The van der Waals surface area contributed by atoms with Crippen molar-refractivity contribution in [2.24, 2.45) is 12.8 Å². The van der Waals surface area contributed by atoms with E-state index < -0.39 is 11.2 Å². The monoisotopic (exact) mass is 327 g/mol. The number of primary amides is 1. The molecule has 0 saturated carbocycles. The van der Waals surface area contributed by atoms with Crippen LogP contribution in [0.1, 0.15) is 10.8 Å². The fourth-order valence-electron chi connectivity index (χ4n) is 1.35. The van der Waals surface area contributed by atoms with Crippen molar-refractivity contribution in [3.63, 3.8) is 0 Å². The highest BCUT2D eigenvalue weighted by atomic mass is 79.9. The number of benzene rings is 1. The highest BCUT2D eigenvalue weighted by Gasteiger charge is 2.21. The summed E-state index contributed by atoms with van der Waals surface area (Å²) in [6.45, 7) is 0. The lowest BCUT2D eigenvalue weighted by Gasteiger charge is -2.12. The number of thioether (sulfide) groups is 1. The number of aromatic nitrogens is 4. The molecule has 2 N–H and O–H groups in total. The second-order valence-electron chi connectivity index (χ2n) is 3.54. The number of rotatable bonds is 4. The summed E-state index contributed by atoms with van der Waals surface area (Å²) in [5.41, 5.74) is 6.24. The van der Waals surface area contributed by atoms with E-state index in [-0.39, 0.29) is 0 Å². The standard InChI is InChI=1S/C10H10BrN5OS/c1-16-10(13-14-15-16)18-8(9(12)17)6-2-4-7(11)5-3-6/h2-5,8H,1H3,(H2,12,17). The summed E-state index contributed by atoms with van der Waals surface area (Å²) in [4.78, 5) is 11.5. The molecule has 8 heteroatoms. The van der Waals surface area contributed by atoms with E-state index in [1.54, 1.807) is 7.05 Å². The summed E-state index contributed by atoms with van der Waals surface area (Å²) in [5.74, 6) is -0.426. The number of nitrogens with zero attached hydrogens (tertiary/aromatic N) is 4. The van der Waals surface area contributed by atoms with Crippen molar-refractivity contribution in [2.45, 2.75) is 10.4 Å². The van der Waals surface area contributed by atoms with E-state index in [1.807, 2.05) is 24.3 Å². The number of nitrogens with two attached hydrogens (primary N) is 1. The van der Waals surface area contributed by atoms with Gasteiger partial charge in [0.25, 0.3) is 0 Å². The number of amides is 1. The lowest BCUT2D eigenvalue weighted by atomic mass is 10.1. The summed E-state index contributed by atoms with van der Waals surface area (Å²) >= 11 is 4.57. The van der Waals surface area contributed by atoms with Crippen LogP contribution in [0.3, 0.4) is 0 Å². The van der Waals surface area contributed by atoms with Gasteiger partial charge in [-0.3, -0.25) is 4.79 Å². The minimum atomic E-state index is -0.511. The van der Waals surface area contributed by atoms with Crippen molar-refractivity contribution in [1.82, 2.24) is 20.2 Å². The molecule has 6 nitrogen and oxygen atoms in total. The van der Waals surface area contributed by atoms with E-state index in [0.717, 1.165) is 10.0 Å². The van der Waals surface area contributed by atoms with Crippen LogP contribution in [0.15, 0.2) is 33.9 Å². The van der Waals surface area contributed by atoms with E-state index in [4.69, 9.17) is 5.73 Å². The molecule has 1 atom stereocenters. The third-order valence-electron chi connectivity index (χ3n) is 2.24. The smallest absolute Gasteiger partial charge is 0.235 e. The zero-order valence-electron chi connectivity index (χ0n) is 9.45. The molecule has 18 heavy (non-hydrogen) atoms. The van der Waals surface area contributed by atoms with Crippen LogP contribution >= 0.6 is 27.7 Å². The van der Waals surface area contributed by atoms with Crippen LogP contribution in [0.5, 0.6) is 0 Å². The molecule has 0 bridgehead atoms. The normalized spacial score (nSPS) is 12.3. The Labute approximate surface area is 116 Å². The molecule has 0 spiro atoms. The highest BCUT2D eigenvalue weighted by Crippen LogP contribution is 2.33. The van der Waals surface area contributed by atoms with E-state index in [2.05, 4.69) is 31.5 Å². The van der Waals surface area contributed by atoms with Crippen LogP contribution in [0.4, 0.5) is 0 Å². The molecule has 1 amide bonds. The summed E-state index contributed by atoms with van der Waals surface area (Å²) in [7, 11) is 1.71. The van der Waals surface area contributed by atoms with Crippen LogP contribution in [-0.2, 0) is 11.8 Å². The van der Waals surface area contributed by atoms with E-state index >= 15 is 0 Å². The summed E-state index contributed by atoms with van der Waals surface area (Å²) in [6.07, 6.45) is 0. The van der Waals surface area contributed by atoms with Crippen LogP contribution in [-0.4, -0.2) is 26.1 Å². The molecular weight excluding hydrogens is 318 g/mol. The number of tetrazole rings is 1. The van der Waals surface area contributed by atoms with Crippen LogP contribution in [0, 0.1) is 0 Å². The van der Waals surface area contributed by atoms with Gasteiger partial charge < -0.3 is 5.73 Å². The Hall–Kier alpha value is -1.41. The Kier molecular flexibility index (Phi) is 3.97. The van der Waals surface area contributed by atoms with Gasteiger partial charge in [-0.2, -0.15) is 0 Å². The Morgan fingerprint density at radius 3 is 2.61 bits per heavy atom. The third-order valence-corrected chi connectivity index (χ3v) is 4.06. The second kappa shape index (κ2) is 5.49. The Balaban J connectivity index is 2.27. The Morgan fingerprint density at radius 1 is 1.44 bits per heavy atom. The van der Waals surface area contributed by atoms with Crippen molar-refractivity contribution in [3.05, 3.63) is 34.3 Å². The van der Waals surface area contributed by atoms with Gasteiger partial charge in [-0.05, 0) is 28.1 Å². The van der Waals surface area contributed by atoms with Crippen LogP contribution < -0.4 is 5.73 Å². The molecule has 0 saturated heterocycles. The molecule has 1 unspecified atom stereocenters. The summed E-state index contributed by atoms with van der Waals surface area (Å²) in [6, 6.07) is 7.41. The minimum absolute atomic E-state index is 0.426. The predicted octanol–water partition coefficient (Wildman–Crippen LogP) is 1.29. The van der Waals surface area contributed by atoms with Gasteiger partial charge in [-0.25, -0.2) is 4.68 Å². The quantitative estimate of drug-likeness (QED) is 0.855. The first kappa shape index (κ1) is 13.0. The number of carbonyl (C=O) groups is 1. The second-order valence-corrected chi connectivity index (χ2v) is 5.52. The first-order valence-electron chi connectivity index (χ1n) is 5.01. The van der Waals surface area contributed by atoms with Gasteiger partial charge in [-0.1, -0.05) is 39.8 Å². The van der Waals surface area contributed by atoms with Crippen molar-refractivity contribution in [2.75, 3.05) is 0 Å². The molecule has 2 rings (SSSR count). The zero-order chi connectivity index (χ0) is 13.1. The first-order valence-corrected chi connectivity index (χ1v) is 6.69. The molecular formula is C10H10BrN5OS. The molecule has 0 aliphatic heterocycles. The predicted molar refractivity (Wildman–Crippen MR) is 70.7 cm³/mol.